The number of hydrogen-bond acceptors (Lipinski definition) is 5. The second-order valence-electron chi connectivity index (χ2n) is 15.9. The van der Waals surface area contributed by atoms with Crippen LogP contribution in [0.2, 0.25) is 0 Å². The number of nitrogens with zero attached hydrogens (tertiary/aromatic N) is 4. The van der Waals surface area contributed by atoms with Crippen LogP contribution < -0.4 is 0 Å². The van der Waals surface area contributed by atoms with E-state index in [1.165, 1.54) is 16.3 Å². The highest BCUT2D eigenvalue weighted by molar-refractivity contribution is 6.18. The molecule has 0 aliphatic carbocycles. The molecule has 0 unspecified atom stereocenters. The van der Waals surface area contributed by atoms with E-state index in [0.717, 1.165) is 94.0 Å². The summed E-state index contributed by atoms with van der Waals surface area (Å²) in [5.41, 5.74) is 13.5. The monoisotopic (exact) mass is 806 g/mol. The summed E-state index contributed by atoms with van der Waals surface area (Å²) in [4.78, 5) is 15.6. The Labute approximate surface area is 361 Å². The predicted octanol–water partition coefficient (Wildman–Crippen LogP) is 15.1. The van der Waals surface area contributed by atoms with E-state index < -0.39 is 0 Å². The first-order valence-electron chi connectivity index (χ1n) is 21.1. The van der Waals surface area contributed by atoms with Crippen molar-refractivity contribution in [3.63, 3.8) is 0 Å². The number of hydrogen-bond donors (Lipinski definition) is 0. The third-order valence-corrected chi connectivity index (χ3v) is 12.3. The molecule has 63 heavy (non-hydrogen) atoms. The fraction of sp³-hybridized carbons (Fsp3) is 0. The molecule has 0 radical (unpaired) electrons. The highest BCUT2D eigenvalue weighted by Crippen LogP contribution is 2.43. The van der Waals surface area contributed by atoms with Crippen LogP contribution in [0.1, 0.15) is 0 Å². The van der Waals surface area contributed by atoms with Crippen LogP contribution in [-0.4, -0.2) is 19.5 Å². The van der Waals surface area contributed by atoms with Gasteiger partial charge in [0.05, 0.1) is 22.1 Å². The van der Waals surface area contributed by atoms with Crippen LogP contribution in [0.3, 0.4) is 0 Å². The van der Waals surface area contributed by atoms with Crippen LogP contribution in [0.4, 0.5) is 0 Å². The minimum Gasteiger partial charge on any atom is -0.456 e. The van der Waals surface area contributed by atoms with Crippen molar-refractivity contribution in [1.82, 2.24) is 19.5 Å². The Kier molecular flexibility index (Phi) is 7.80. The predicted molar refractivity (Wildman–Crippen MR) is 256 cm³/mol. The molecule has 6 nitrogen and oxygen atoms in total. The molecule has 13 rings (SSSR count). The average molecular weight is 807 g/mol. The van der Waals surface area contributed by atoms with Crippen LogP contribution in [0.15, 0.2) is 215 Å². The third kappa shape index (κ3) is 5.62. The van der Waals surface area contributed by atoms with Crippen molar-refractivity contribution in [3.8, 4) is 62.1 Å². The zero-order chi connectivity index (χ0) is 41.4. The Morgan fingerprint density at radius 1 is 0.302 bits per heavy atom. The van der Waals surface area contributed by atoms with Crippen molar-refractivity contribution in [2.45, 2.75) is 0 Å². The molecule has 9 aromatic carbocycles. The van der Waals surface area contributed by atoms with Gasteiger partial charge in [-0.1, -0.05) is 158 Å². The summed E-state index contributed by atoms with van der Waals surface area (Å²) in [7, 11) is 0. The molecule has 0 fully saturated rings. The van der Waals surface area contributed by atoms with Gasteiger partial charge in [-0.15, -0.1) is 0 Å². The lowest BCUT2D eigenvalue weighted by Crippen LogP contribution is -2.00. The summed E-state index contributed by atoms with van der Waals surface area (Å²) in [6.07, 6.45) is 0. The lowest BCUT2D eigenvalue weighted by atomic mass is 9.99. The zero-order valence-electron chi connectivity index (χ0n) is 33.7. The number of benzene rings is 9. The van der Waals surface area contributed by atoms with Gasteiger partial charge >= 0.3 is 0 Å². The van der Waals surface area contributed by atoms with Gasteiger partial charge in [0.15, 0.2) is 17.5 Å². The standard InChI is InChI=1S/C57H34N4O2/c1-4-15-35(16-5-1)38-29-31-42-41-21-10-11-24-45(41)61(47(42)33-38)46-25-14-28-50-54(46)53-44(23-13-27-49(53)62-50)57-59-55(37-19-8-3-9-20-37)58-56(60-57)39-30-32-43-51(34-39)63-48-26-12-22-40(52(43)48)36-17-6-2-7-18-36/h1-34H. The van der Waals surface area contributed by atoms with Gasteiger partial charge in [0.2, 0.25) is 0 Å². The zero-order valence-corrected chi connectivity index (χ0v) is 33.7. The molecule has 6 heteroatoms. The van der Waals surface area contributed by atoms with Gasteiger partial charge < -0.3 is 13.4 Å². The van der Waals surface area contributed by atoms with Gasteiger partial charge in [0.25, 0.3) is 0 Å². The Morgan fingerprint density at radius 2 is 0.857 bits per heavy atom. The van der Waals surface area contributed by atoms with Crippen LogP contribution >= 0.6 is 0 Å². The molecule has 4 aromatic heterocycles. The van der Waals surface area contributed by atoms with Crippen molar-refractivity contribution in [1.29, 1.82) is 0 Å². The number of fused-ring (bicyclic) bond motifs is 9. The Balaban J connectivity index is 1.04. The molecule has 0 saturated heterocycles. The van der Waals surface area contributed by atoms with E-state index in [2.05, 4.69) is 144 Å². The molecular weight excluding hydrogens is 773 g/mol. The van der Waals surface area contributed by atoms with Crippen molar-refractivity contribution >= 4 is 65.7 Å². The van der Waals surface area contributed by atoms with Crippen LogP contribution in [0.25, 0.3) is 128 Å². The van der Waals surface area contributed by atoms with Gasteiger partial charge in [-0.2, -0.15) is 0 Å². The Hall–Kier alpha value is -8.61. The number of furan rings is 2. The molecular formula is C57H34N4O2. The van der Waals surface area contributed by atoms with E-state index in [1.54, 1.807) is 0 Å². The summed E-state index contributed by atoms with van der Waals surface area (Å²) in [6.45, 7) is 0. The second-order valence-corrected chi connectivity index (χ2v) is 15.9. The highest BCUT2D eigenvalue weighted by Gasteiger charge is 2.23. The van der Waals surface area contributed by atoms with Gasteiger partial charge in [0, 0.05) is 43.6 Å². The first-order valence-corrected chi connectivity index (χ1v) is 21.1. The van der Waals surface area contributed by atoms with E-state index >= 15 is 0 Å². The molecule has 0 atom stereocenters. The van der Waals surface area contributed by atoms with Gasteiger partial charge in [-0.05, 0) is 70.8 Å². The van der Waals surface area contributed by atoms with Gasteiger partial charge in [-0.25, -0.2) is 15.0 Å². The summed E-state index contributed by atoms with van der Waals surface area (Å²) < 4.78 is 15.7. The number of aromatic nitrogens is 4. The second kappa shape index (κ2) is 14.0. The van der Waals surface area contributed by atoms with Crippen LogP contribution in [0.5, 0.6) is 0 Å². The number of rotatable bonds is 6. The molecule has 294 valence electrons. The van der Waals surface area contributed by atoms with E-state index in [0.29, 0.717) is 17.5 Å². The fourth-order valence-corrected chi connectivity index (χ4v) is 9.43. The minimum atomic E-state index is 0.547. The molecule has 0 N–H and O–H groups in total. The van der Waals surface area contributed by atoms with E-state index in [1.807, 2.05) is 66.7 Å². The Morgan fingerprint density at radius 3 is 1.63 bits per heavy atom. The van der Waals surface area contributed by atoms with Crippen molar-refractivity contribution in [2.24, 2.45) is 0 Å². The van der Waals surface area contributed by atoms with E-state index in [9.17, 15) is 0 Å². The summed E-state index contributed by atoms with van der Waals surface area (Å²) in [5.74, 6) is 1.67. The maximum Gasteiger partial charge on any atom is 0.164 e. The van der Waals surface area contributed by atoms with Crippen molar-refractivity contribution in [2.75, 3.05) is 0 Å². The maximum absolute atomic E-state index is 6.72. The maximum atomic E-state index is 6.72. The quantitative estimate of drug-likeness (QED) is 0.167. The smallest absolute Gasteiger partial charge is 0.164 e. The summed E-state index contributed by atoms with van der Waals surface area (Å²) >= 11 is 0. The number of para-hydroxylation sites is 1. The fourth-order valence-electron chi connectivity index (χ4n) is 9.43. The molecule has 0 spiro atoms. The van der Waals surface area contributed by atoms with Crippen molar-refractivity contribution in [3.05, 3.63) is 206 Å². The molecule has 0 saturated carbocycles. The first-order chi connectivity index (χ1) is 31.2. The molecule has 0 aliphatic rings. The lowest BCUT2D eigenvalue weighted by molar-refractivity contribution is 0.668. The molecule has 4 heterocycles. The Bertz CT molecular complexity index is 3900. The topological polar surface area (TPSA) is 69.9 Å². The largest absolute Gasteiger partial charge is 0.456 e. The SMILES string of the molecule is c1ccc(-c2ccc3c4ccccc4n(-c4cccc5oc6cccc(-c7nc(-c8ccccc8)nc(-c8ccc9c(c8)oc8cccc(-c%10ccccc%10)c89)n7)c6c45)c3c2)cc1. The summed E-state index contributed by atoms with van der Waals surface area (Å²) in [5, 5.41) is 6.41. The average Bonchev–Trinajstić information content (AvgIpc) is 4.04. The van der Waals surface area contributed by atoms with Gasteiger partial charge in [0.1, 0.15) is 22.3 Å². The van der Waals surface area contributed by atoms with Crippen LogP contribution in [-0.2, 0) is 0 Å². The normalized spacial score (nSPS) is 11.8. The summed E-state index contributed by atoms with van der Waals surface area (Å²) in [6, 6.07) is 71.4. The minimum absolute atomic E-state index is 0.547. The molecule has 0 aliphatic heterocycles. The van der Waals surface area contributed by atoms with Gasteiger partial charge in [-0.3, -0.25) is 0 Å². The lowest BCUT2D eigenvalue weighted by Gasteiger charge is -2.12. The van der Waals surface area contributed by atoms with E-state index in [4.69, 9.17) is 23.8 Å². The highest BCUT2D eigenvalue weighted by atomic mass is 16.3. The van der Waals surface area contributed by atoms with Crippen LogP contribution in [0, 0.1) is 0 Å². The molecule has 0 bridgehead atoms. The first kappa shape index (κ1) is 35.2. The molecule has 13 aromatic rings. The van der Waals surface area contributed by atoms with Crippen molar-refractivity contribution < 1.29 is 8.83 Å². The molecule has 0 amide bonds. The van der Waals surface area contributed by atoms with E-state index in [-0.39, 0.29) is 0 Å². The third-order valence-electron chi connectivity index (χ3n) is 12.3.